The van der Waals surface area contributed by atoms with E-state index in [0.717, 1.165) is 51.1 Å². The highest BCUT2D eigenvalue weighted by atomic mass is 32.1. The second kappa shape index (κ2) is 5.55. The van der Waals surface area contributed by atoms with Crippen LogP contribution < -0.4 is 5.73 Å². The molecule has 102 valence electrons. The molecule has 1 aliphatic carbocycles. The van der Waals surface area contributed by atoms with E-state index in [9.17, 15) is 4.79 Å². The van der Waals surface area contributed by atoms with Gasteiger partial charge in [-0.1, -0.05) is 38.4 Å². The van der Waals surface area contributed by atoms with Crippen LogP contribution in [-0.4, -0.2) is 28.9 Å². The number of hydrogen-bond acceptors (Lipinski definition) is 2. The molecule has 4 heteroatoms. The van der Waals surface area contributed by atoms with Gasteiger partial charge in [0.05, 0.1) is 10.4 Å². The fraction of sp³-hybridized carbons (Fsp3) is 0.857. The van der Waals surface area contributed by atoms with Crippen LogP contribution in [0.2, 0.25) is 0 Å². The average molecular weight is 268 g/mol. The lowest BCUT2D eigenvalue weighted by Gasteiger charge is -2.44. The first-order valence-corrected chi connectivity index (χ1v) is 7.60. The van der Waals surface area contributed by atoms with Crippen LogP contribution in [0.25, 0.3) is 0 Å². The van der Waals surface area contributed by atoms with Crippen LogP contribution in [0.4, 0.5) is 0 Å². The topological polar surface area (TPSA) is 46.3 Å². The number of carbonyl (C=O) groups excluding carboxylic acids is 1. The molecule has 1 saturated carbocycles. The summed E-state index contributed by atoms with van der Waals surface area (Å²) in [5, 5.41) is 0. The van der Waals surface area contributed by atoms with Crippen molar-refractivity contribution in [1.82, 2.24) is 4.90 Å². The number of carbonyl (C=O) groups is 1. The van der Waals surface area contributed by atoms with E-state index >= 15 is 0 Å². The molecule has 0 aromatic rings. The summed E-state index contributed by atoms with van der Waals surface area (Å²) in [6.07, 6.45) is 7.62. The number of rotatable bonds is 4. The highest BCUT2D eigenvalue weighted by molar-refractivity contribution is 7.80. The maximum atomic E-state index is 12.6. The summed E-state index contributed by atoms with van der Waals surface area (Å²) < 4.78 is 0. The Morgan fingerprint density at radius 1 is 1.39 bits per heavy atom. The molecule has 0 radical (unpaired) electrons. The van der Waals surface area contributed by atoms with Crippen LogP contribution in [0.3, 0.4) is 0 Å². The van der Waals surface area contributed by atoms with Crippen molar-refractivity contribution in [3.8, 4) is 0 Å². The SMILES string of the molecule is CCCC1CCN(C(=O)C2(C(N)=S)CCC2)CC1. The Labute approximate surface area is 115 Å². The summed E-state index contributed by atoms with van der Waals surface area (Å²) in [5.74, 6) is 1.01. The molecule has 2 aliphatic rings. The average Bonchev–Trinajstić information content (AvgIpc) is 2.28. The number of thiocarbonyl (C=S) groups is 1. The van der Waals surface area contributed by atoms with Crippen molar-refractivity contribution >= 4 is 23.1 Å². The van der Waals surface area contributed by atoms with E-state index < -0.39 is 5.41 Å². The van der Waals surface area contributed by atoms with Crippen LogP contribution in [0, 0.1) is 11.3 Å². The van der Waals surface area contributed by atoms with Gasteiger partial charge in [0.2, 0.25) is 5.91 Å². The summed E-state index contributed by atoms with van der Waals surface area (Å²) in [5.41, 5.74) is 5.32. The number of nitrogens with zero attached hydrogens (tertiary/aromatic N) is 1. The quantitative estimate of drug-likeness (QED) is 0.797. The molecule has 0 atom stereocenters. The maximum absolute atomic E-state index is 12.6. The van der Waals surface area contributed by atoms with Crippen molar-refractivity contribution in [3.05, 3.63) is 0 Å². The van der Waals surface area contributed by atoms with E-state index in [-0.39, 0.29) is 5.91 Å². The molecule has 2 rings (SSSR count). The standard InChI is InChI=1S/C14H24N2OS/c1-2-4-11-5-9-16(10-6-11)13(17)14(12(15)18)7-3-8-14/h11H,2-10H2,1H3,(H2,15,18). The van der Waals surface area contributed by atoms with E-state index in [4.69, 9.17) is 18.0 Å². The summed E-state index contributed by atoms with van der Waals surface area (Å²) in [4.78, 5) is 15.0. The summed E-state index contributed by atoms with van der Waals surface area (Å²) in [6, 6.07) is 0. The Hall–Kier alpha value is -0.640. The second-order valence-corrected chi connectivity index (χ2v) is 6.26. The van der Waals surface area contributed by atoms with E-state index in [1.54, 1.807) is 0 Å². The first-order chi connectivity index (χ1) is 8.60. The Morgan fingerprint density at radius 3 is 2.39 bits per heavy atom. The van der Waals surface area contributed by atoms with Crippen molar-refractivity contribution in [1.29, 1.82) is 0 Å². The largest absolute Gasteiger partial charge is 0.392 e. The molecule has 0 bridgehead atoms. The lowest BCUT2D eigenvalue weighted by molar-refractivity contribution is -0.143. The van der Waals surface area contributed by atoms with Crippen molar-refractivity contribution in [3.63, 3.8) is 0 Å². The number of hydrogen-bond donors (Lipinski definition) is 1. The van der Waals surface area contributed by atoms with E-state index in [0.29, 0.717) is 4.99 Å². The van der Waals surface area contributed by atoms with Crippen LogP contribution in [0.15, 0.2) is 0 Å². The zero-order valence-electron chi connectivity index (χ0n) is 11.3. The first-order valence-electron chi connectivity index (χ1n) is 7.19. The lowest BCUT2D eigenvalue weighted by Crippen LogP contribution is -2.55. The summed E-state index contributed by atoms with van der Waals surface area (Å²) >= 11 is 5.12. The van der Waals surface area contributed by atoms with Crippen molar-refractivity contribution in [2.75, 3.05) is 13.1 Å². The van der Waals surface area contributed by atoms with E-state index in [1.807, 2.05) is 4.90 Å². The van der Waals surface area contributed by atoms with Crippen molar-refractivity contribution in [2.24, 2.45) is 17.1 Å². The number of likely N-dealkylation sites (tertiary alicyclic amines) is 1. The summed E-state index contributed by atoms with van der Waals surface area (Å²) in [7, 11) is 0. The third kappa shape index (κ3) is 2.40. The molecule has 1 saturated heterocycles. The Bertz CT molecular complexity index is 331. The minimum absolute atomic E-state index is 0.205. The highest BCUT2D eigenvalue weighted by Crippen LogP contribution is 2.43. The minimum Gasteiger partial charge on any atom is -0.392 e. The third-order valence-corrected chi connectivity index (χ3v) is 5.08. The fourth-order valence-corrected chi connectivity index (χ4v) is 3.52. The second-order valence-electron chi connectivity index (χ2n) is 5.82. The molecule has 3 nitrogen and oxygen atoms in total. The number of amides is 1. The Kier molecular flexibility index (Phi) is 4.25. The first kappa shape index (κ1) is 13.8. The van der Waals surface area contributed by atoms with E-state index in [2.05, 4.69) is 6.92 Å². The molecular weight excluding hydrogens is 244 g/mol. The Balaban J connectivity index is 1.93. The van der Waals surface area contributed by atoms with Crippen LogP contribution >= 0.6 is 12.2 Å². The normalized spacial score (nSPS) is 23.5. The molecule has 2 fully saturated rings. The highest BCUT2D eigenvalue weighted by Gasteiger charge is 2.49. The molecular formula is C14H24N2OS. The maximum Gasteiger partial charge on any atom is 0.235 e. The van der Waals surface area contributed by atoms with Gasteiger partial charge in [-0.3, -0.25) is 4.79 Å². The van der Waals surface area contributed by atoms with Gasteiger partial charge in [0.25, 0.3) is 0 Å². The van der Waals surface area contributed by atoms with Crippen LogP contribution in [-0.2, 0) is 4.79 Å². The molecule has 1 heterocycles. The molecule has 0 aromatic carbocycles. The van der Waals surface area contributed by atoms with Crippen molar-refractivity contribution < 1.29 is 4.79 Å². The van der Waals surface area contributed by atoms with Crippen LogP contribution in [0.1, 0.15) is 51.9 Å². The van der Waals surface area contributed by atoms with Gasteiger partial charge in [0, 0.05) is 13.1 Å². The molecule has 0 unspecified atom stereocenters. The molecule has 18 heavy (non-hydrogen) atoms. The molecule has 1 amide bonds. The van der Waals surface area contributed by atoms with Gasteiger partial charge in [-0.15, -0.1) is 0 Å². The van der Waals surface area contributed by atoms with Gasteiger partial charge >= 0.3 is 0 Å². The van der Waals surface area contributed by atoms with E-state index in [1.165, 1.54) is 12.8 Å². The van der Waals surface area contributed by atoms with Gasteiger partial charge in [-0.25, -0.2) is 0 Å². The third-order valence-electron chi connectivity index (χ3n) is 4.69. The molecule has 2 N–H and O–H groups in total. The minimum atomic E-state index is -0.479. The van der Waals surface area contributed by atoms with Gasteiger partial charge in [-0.2, -0.15) is 0 Å². The zero-order valence-corrected chi connectivity index (χ0v) is 12.1. The van der Waals surface area contributed by atoms with Gasteiger partial charge < -0.3 is 10.6 Å². The predicted octanol–water partition coefficient (Wildman–Crippen LogP) is 2.48. The predicted molar refractivity (Wildman–Crippen MR) is 77.3 cm³/mol. The van der Waals surface area contributed by atoms with Gasteiger partial charge in [0.15, 0.2) is 0 Å². The monoisotopic (exact) mass is 268 g/mol. The Morgan fingerprint density at radius 2 is 2.00 bits per heavy atom. The number of piperidine rings is 1. The van der Waals surface area contributed by atoms with Crippen LogP contribution in [0.5, 0.6) is 0 Å². The molecule has 1 aliphatic heterocycles. The van der Waals surface area contributed by atoms with Gasteiger partial charge in [0.1, 0.15) is 0 Å². The van der Waals surface area contributed by atoms with Gasteiger partial charge in [-0.05, 0) is 31.6 Å². The van der Waals surface area contributed by atoms with Crippen molar-refractivity contribution in [2.45, 2.75) is 51.9 Å². The summed E-state index contributed by atoms with van der Waals surface area (Å²) in [6.45, 7) is 4.02. The fourth-order valence-electron chi connectivity index (χ4n) is 3.23. The lowest BCUT2D eigenvalue weighted by atomic mass is 9.67. The zero-order chi connectivity index (χ0) is 13.2. The smallest absolute Gasteiger partial charge is 0.235 e. The molecule has 0 spiro atoms. The number of nitrogens with two attached hydrogens (primary N) is 1. The molecule has 0 aromatic heterocycles.